The number of carbonyl (C=O) groups excluding carboxylic acids is 1. The Morgan fingerprint density at radius 1 is 0.595 bits per heavy atom. The molecule has 42 heavy (non-hydrogen) atoms. The van der Waals surface area contributed by atoms with E-state index in [9.17, 15) is 15.0 Å². The van der Waals surface area contributed by atoms with Gasteiger partial charge in [0.25, 0.3) is 0 Å². The van der Waals surface area contributed by atoms with Gasteiger partial charge >= 0.3 is 0 Å². The molecule has 0 fully saturated rings. The highest BCUT2D eigenvalue weighted by atomic mass is 16.3. The summed E-state index contributed by atoms with van der Waals surface area (Å²) in [6.07, 6.45) is 47.1. The van der Waals surface area contributed by atoms with Gasteiger partial charge in [0.05, 0.1) is 18.8 Å². The van der Waals surface area contributed by atoms with E-state index in [-0.39, 0.29) is 12.5 Å². The number of unbranched alkanes of at least 4 members (excludes halogenated alkanes) is 12. The van der Waals surface area contributed by atoms with Crippen molar-refractivity contribution < 1.29 is 15.0 Å². The van der Waals surface area contributed by atoms with Crippen LogP contribution in [-0.4, -0.2) is 34.9 Å². The summed E-state index contributed by atoms with van der Waals surface area (Å²) in [5.41, 5.74) is 0. The smallest absolute Gasteiger partial charge is 0.220 e. The lowest BCUT2D eigenvalue weighted by Gasteiger charge is -2.19. The summed E-state index contributed by atoms with van der Waals surface area (Å²) in [5, 5.41) is 22.7. The minimum Gasteiger partial charge on any atom is -0.394 e. The molecule has 2 atom stereocenters. The lowest BCUT2D eigenvalue weighted by molar-refractivity contribution is -0.122. The van der Waals surface area contributed by atoms with Crippen molar-refractivity contribution in [3.05, 3.63) is 72.9 Å². The molecule has 3 N–H and O–H groups in total. The number of hydrogen-bond acceptors (Lipinski definition) is 3. The summed E-state index contributed by atoms with van der Waals surface area (Å²) in [7, 11) is 0. The molecule has 4 nitrogen and oxygen atoms in total. The zero-order chi connectivity index (χ0) is 30.8. The van der Waals surface area contributed by atoms with Crippen LogP contribution in [0, 0.1) is 0 Å². The number of rotatable bonds is 29. The highest BCUT2D eigenvalue weighted by Crippen LogP contribution is 2.12. The van der Waals surface area contributed by atoms with E-state index < -0.39 is 12.1 Å². The van der Waals surface area contributed by atoms with Crippen LogP contribution in [0.4, 0.5) is 0 Å². The summed E-state index contributed by atoms with van der Waals surface area (Å²) in [6.45, 7) is 4.12. The third-order valence-electron chi connectivity index (χ3n) is 7.19. The van der Waals surface area contributed by atoms with Crippen LogP contribution in [0.5, 0.6) is 0 Å². The summed E-state index contributed by atoms with van der Waals surface area (Å²) in [6, 6.07) is -0.678. The largest absolute Gasteiger partial charge is 0.394 e. The number of aliphatic hydroxyl groups is 2. The standard InChI is InChI=1S/C38H65NO3/c1-3-5-7-9-11-13-15-17-18-19-20-22-23-25-27-29-31-33-37(41)36(35-40)39-38(42)34-32-30-28-26-24-21-16-14-12-10-8-6-4-2/h6,8,12,14,21,23-25,28,30-31,33,36-37,40-41H,3-5,7,9-11,13,15-20,22,26-27,29,32,34-35H2,1-2H3,(H,39,42)/b8-6-,14-12-,24-21-,25-23+,30-28-,33-31+. The lowest BCUT2D eigenvalue weighted by atomic mass is 10.1. The molecule has 2 unspecified atom stereocenters. The first kappa shape index (κ1) is 39.8. The van der Waals surface area contributed by atoms with Crippen LogP contribution in [0.15, 0.2) is 72.9 Å². The van der Waals surface area contributed by atoms with Crippen molar-refractivity contribution in [2.75, 3.05) is 6.61 Å². The van der Waals surface area contributed by atoms with Crippen molar-refractivity contribution in [1.29, 1.82) is 0 Å². The van der Waals surface area contributed by atoms with Crippen molar-refractivity contribution in [2.45, 2.75) is 154 Å². The Balaban J connectivity index is 3.83. The van der Waals surface area contributed by atoms with Crippen molar-refractivity contribution in [3.8, 4) is 0 Å². The predicted octanol–water partition coefficient (Wildman–Crippen LogP) is 10.0. The Hall–Kier alpha value is -2.17. The fraction of sp³-hybridized carbons (Fsp3) is 0.658. The SMILES string of the molecule is CC/C=C\C/C=C\C/C=C\C/C=C\CCC(=O)NC(CO)C(O)/C=C/CC/C=C/CCCCCCCCCCCCC. The summed E-state index contributed by atoms with van der Waals surface area (Å²) in [4.78, 5) is 12.2. The van der Waals surface area contributed by atoms with Gasteiger partial charge in [0.15, 0.2) is 0 Å². The van der Waals surface area contributed by atoms with Crippen molar-refractivity contribution in [3.63, 3.8) is 0 Å². The van der Waals surface area contributed by atoms with E-state index in [1.54, 1.807) is 6.08 Å². The van der Waals surface area contributed by atoms with Gasteiger partial charge in [-0.25, -0.2) is 0 Å². The first-order valence-electron chi connectivity index (χ1n) is 17.2. The van der Waals surface area contributed by atoms with Crippen LogP contribution in [0.2, 0.25) is 0 Å². The van der Waals surface area contributed by atoms with Crippen LogP contribution in [0.1, 0.15) is 142 Å². The number of carbonyl (C=O) groups is 1. The monoisotopic (exact) mass is 583 g/mol. The maximum Gasteiger partial charge on any atom is 0.220 e. The van der Waals surface area contributed by atoms with E-state index in [4.69, 9.17) is 0 Å². The zero-order valence-corrected chi connectivity index (χ0v) is 27.2. The summed E-state index contributed by atoms with van der Waals surface area (Å²) < 4.78 is 0. The molecule has 0 saturated carbocycles. The van der Waals surface area contributed by atoms with Gasteiger partial charge in [-0.1, -0.05) is 151 Å². The normalized spacial score (nSPS) is 14.1. The molecule has 240 valence electrons. The maximum absolute atomic E-state index is 12.2. The highest BCUT2D eigenvalue weighted by molar-refractivity contribution is 5.76. The number of amides is 1. The first-order valence-corrected chi connectivity index (χ1v) is 17.2. The number of aliphatic hydroxyl groups excluding tert-OH is 2. The molecular weight excluding hydrogens is 518 g/mol. The molecule has 0 aliphatic carbocycles. The van der Waals surface area contributed by atoms with E-state index in [2.05, 4.69) is 73.8 Å². The van der Waals surface area contributed by atoms with Crippen molar-refractivity contribution in [2.24, 2.45) is 0 Å². The van der Waals surface area contributed by atoms with Gasteiger partial charge in [-0.05, 0) is 57.8 Å². The number of allylic oxidation sites excluding steroid dienone is 11. The third-order valence-corrected chi connectivity index (χ3v) is 7.19. The van der Waals surface area contributed by atoms with E-state index in [1.807, 2.05) is 12.2 Å². The minimum absolute atomic E-state index is 0.158. The van der Waals surface area contributed by atoms with Gasteiger partial charge in [0.1, 0.15) is 0 Å². The summed E-state index contributed by atoms with van der Waals surface area (Å²) >= 11 is 0. The van der Waals surface area contributed by atoms with Crippen LogP contribution in [0.3, 0.4) is 0 Å². The van der Waals surface area contributed by atoms with Crippen LogP contribution < -0.4 is 5.32 Å². The Kier molecular flexibility index (Phi) is 31.6. The molecule has 0 spiro atoms. The average molecular weight is 584 g/mol. The molecule has 0 aliphatic rings. The first-order chi connectivity index (χ1) is 20.7. The fourth-order valence-corrected chi connectivity index (χ4v) is 4.55. The van der Waals surface area contributed by atoms with E-state index in [1.165, 1.54) is 70.6 Å². The lowest BCUT2D eigenvalue weighted by Crippen LogP contribution is -2.45. The van der Waals surface area contributed by atoms with Gasteiger partial charge in [-0.15, -0.1) is 0 Å². The fourth-order valence-electron chi connectivity index (χ4n) is 4.55. The number of nitrogens with one attached hydrogen (secondary N) is 1. The molecule has 1 amide bonds. The second-order valence-electron chi connectivity index (χ2n) is 11.2. The molecule has 0 aromatic heterocycles. The average Bonchev–Trinajstić information content (AvgIpc) is 2.99. The maximum atomic E-state index is 12.2. The Labute approximate surface area is 259 Å². The van der Waals surface area contributed by atoms with Gasteiger partial charge < -0.3 is 15.5 Å². The van der Waals surface area contributed by atoms with E-state index in [0.717, 1.165) is 44.9 Å². The summed E-state index contributed by atoms with van der Waals surface area (Å²) in [5.74, 6) is -0.158. The molecule has 0 saturated heterocycles. The van der Waals surface area contributed by atoms with Gasteiger partial charge in [0, 0.05) is 6.42 Å². The minimum atomic E-state index is -0.892. The molecule has 0 aromatic rings. The molecule has 0 aliphatic heterocycles. The van der Waals surface area contributed by atoms with Crippen LogP contribution in [-0.2, 0) is 4.79 Å². The quantitative estimate of drug-likeness (QED) is 0.0606. The van der Waals surface area contributed by atoms with Crippen molar-refractivity contribution in [1.82, 2.24) is 5.32 Å². The number of hydrogen-bond donors (Lipinski definition) is 3. The highest BCUT2D eigenvalue weighted by Gasteiger charge is 2.17. The van der Waals surface area contributed by atoms with Crippen LogP contribution in [0.25, 0.3) is 0 Å². The molecule has 4 heteroatoms. The van der Waals surface area contributed by atoms with E-state index in [0.29, 0.717) is 12.8 Å². The molecule has 0 radical (unpaired) electrons. The molecular formula is C38H65NO3. The van der Waals surface area contributed by atoms with Crippen molar-refractivity contribution >= 4 is 5.91 Å². The van der Waals surface area contributed by atoms with E-state index >= 15 is 0 Å². The second-order valence-corrected chi connectivity index (χ2v) is 11.2. The topological polar surface area (TPSA) is 69.6 Å². The molecule has 0 heterocycles. The molecule has 0 bridgehead atoms. The molecule has 0 rings (SSSR count). The molecule has 0 aromatic carbocycles. The third kappa shape index (κ3) is 29.3. The predicted molar refractivity (Wildman–Crippen MR) is 184 cm³/mol. The van der Waals surface area contributed by atoms with Gasteiger partial charge in [0.2, 0.25) is 5.91 Å². The Morgan fingerprint density at radius 2 is 1.07 bits per heavy atom. The van der Waals surface area contributed by atoms with Gasteiger partial charge in [-0.3, -0.25) is 4.79 Å². The zero-order valence-electron chi connectivity index (χ0n) is 27.2. The second kappa shape index (κ2) is 33.3. The Bertz CT molecular complexity index is 762. The van der Waals surface area contributed by atoms with Crippen LogP contribution >= 0.6 is 0 Å². The van der Waals surface area contributed by atoms with Gasteiger partial charge in [-0.2, -0.15) is 0 Å². The Morgan fingerprint density at radius 3 is 1.64 bits per heavy atom.